The minimum absolute atomic E-state index is 0.114. The Morgan fingerprint density at radius 2 is 1.33 bits per heavy atom. The third-order valence-corrected chi connectivity index (χ3v) is 3.09. The molecule has 130 valence electrons. The third-order valence-electron chi connectivity index (χ3n) is 3.09. The van der Waals surface area contributed by atoms with E-state index in [-0.39, 0.29) is 29.4 Å². The van der Waals surface area contributed by atoms with Crippen molar-refractivity contribution in [3.63, 3.8) is 0 Å². The maximum atomic E-state index is 10.4. The van der Waals surface area contributed by atoms with E-state index in [1.165, 1.54) is 30.3 Å². The molecule has 1 atom stereocenters. The van der Waals surface area contributed by atoms with Crippen LogP contribution in [-0.2, 0) is 17.8 Å². The second kappa shape index (κ2) is 8.61. The van der Waals surface area contributed by atoms with Crippen molar-refractivity contribution in [1.29, 1.82) is 0 Å². The summed E-state index contributed by atoms with van der Waals surface area (Å²) < 4.78 is 0. The SMILES string of the molecule is NC(Cc1ccc(O)c(O)c1)C(=O)O.NCc1ccc(O)c(O)c1. The number of aromatic hydroxyl groups is 4. The number of benzene rings is 2. The Morgan fingerprint density at radius 3 is 1.75 bits per heavy atom. The van der Waals surface area contributed by atoms with E-state index in [1.54, 1.807) is 6.07 Å². The molecule has 8 heteroatoms. The van der Waals surface area contributed by atoms with Gasteiger partial charge in [-0.3, -0.25) is 4.79 Å². The minimum Gasteiger partial charge on any atom is -0.504 e. The van der Waals surface area contributed by atoms with E-state index in [1.807, 2.05) is 0 Å². The van der Waals surface area contributed by atoms with Crippen LogP contribution in [0.5, 0.6) is 23.0 Å². The van der Waals surface area contributed by atoms with Crippen molar-refractivity contribution in [2.24, 2.45) is 11.5 Å². The van der Waals surface area contributed by atoms with Crippen LogP contribution in [0.4, 0.5) is 0 Å². The lowest BCUT2D eigenvalue weighted by atomic mass is 10.1. The van der Waals surface area contributed by atoms with Crippen LogP contribution >= 0.6 is 0 Å². The van der Waals surface area contributed by atoms with Gasteiger partial charge in [0, 0.05) is 6.54 Å². The summed E-state index contributed by atoms with van der Waals surface area (Å²) in [6.45, 7) is 0.369. The number of phenolic OH excluding ortho intramolecular Hbond substituents is 4. The fraction of sp³-hybridized carbons (Fsp3) is 0.188. The van der Waals surface area contributed by atoms with Gasteiger partial charge in [-0.1, -0.05) is 12.1 Å². The van der Waals surface area contributed by atoms with E-state index in [9.17, 15) is 4.79 Å². The molecule has 24 heavy (non-hydrogen) atoms. The van der Waals surface area contributed by atoms with Crippen molar-refractivity contribution in [2.75, 3.05) is 0 Å². The average Bonchev–Trinajstić information content (AvgIpc) is 2.54. The van der Waals surface area contributed by atoms with Gasteiger partial charge in [0.1, 0.15) is 6.04 Å². The highest BCUT2D eigenvalue weighted by Gasteiger charge is 2.12. The van der Waals surface area contributed by atoms with Gasteiger partial charge in [0.2, 0.25) is 0 Å². The summed E-state index contributed by atoms with van der Waals surface area (Å²) in [5.41, 5.74) is 11.9. The number of carboxylic acids is 1. The molecule has 0 aliphatic rings. The smallest absolute Gasteiger partial charge is 0.320 e. The first-order valence-electron chi connectivity index (χ1n) is 6.94. The molecular formula is C16H20N2O6. The number of aliphatic carboxylic acids is 1. The molecule has 0 spiro atoms. The van der Waals surface area contributed by atoms with Crippen molar-refractivity contribution >= 4 is 5.97 Å². The van der Waals surface area contributed by atoms with Crippen molar-refractivity contribution in [1.82, 2.24) is 0 Å². The monoisotopic (exact) mass is 336 g/mol. The molecule has 2 aromatic rings. The molecule has 0 saturated heterocycles. The van der Waals surface area contributed by atoms with E-state index in [0.717, 1.165) is 5.56 Å². The van der Waals surface area contributed by atoms with Gasteiger partial charge in [0.15, 0.2) is 23.0 Å². The van der Waals surface area contributed by atoms with Crippen molar-refractivity contribution in [3.8, 4) is 23.0 Å². The van der Waals surface area contributed by atoms with Crippen molar-refractivity contribution in [3.05, 3.63) is 47.5 Å². The Morgan fingerprint density at radius 1 is 0.875 bits per heavy atom. The Balaban J connectivity index is 0.000000254. The number of carboxylic acid groups (broad SMARTS) is 1. The van der Waals surface area contributed by atoms with E-state index >= 15 is 0 Å². The number of nitrogens with two attached hydrogens (primary N) is 2. The highest BCUT2D eigenvalue weighted by molar-refractivity contribution is 5.73. The molecule has 0 bridgehead atoms. The predicted molar refractivity (Wildman–Crippen MR) is 86.7 cm³/mol. The summed E-state index contributed by atoms with van der Waals surface area (Å²) in [6.07, 6.45) is 0.114. The van der Waals surface area contributed by atoms with Gasteiger partial charge in [0.25, 0.3) is 0 Å². The van der Waals surface area contributed by atoms with Gasteiger partial charge in [-0.15, -0.1) is 0 Å². The van der Waals surface area contributed by atoms with Crippen LogP contribution in [-0.4, -0.2) is 37.5 Å². The molecule has 0 heterocycles. The van der Waals surface area contributed by atoms with E-state index in [4.69, 9.17) is 37.0 Å². The molecule has 2 rings (SSSR count). The second-order valence-electron chi connectivity index (χ2n) is 5.00. The fourth-order valence-electron chi connectivity index (χ4n) is 1.73. The molecule has 1 unspecified atom stereocenters. The molecule has 0 fully saturated rings. The molecule has 0 aliphatic heterocycles. The van der Waals surface area contributed by atoms with Crippen LogP contribution in [0.3, 0.4) is 0 Å². The summed E-state index contributed by atoms with van der Waals surface area (Å²) in [5.74, 6) is -1.85. The van der Waals surface area contributed by atoms with Gasteiger partial charge in [-0.05, 0) is 41.8 Å². The zero-order valence-corrected chi connectivity index (χ0v) is 12.8. The summed E-state index contributed by atoms with van der Waals surface area (Å²) in [7, 11) is 0. The molecule has 0 aromatic heterocycles. The maximum absolute atomic E-state index is 10.4. The largest absolute Gasteiger partial charge is 0.504 e. The molecule has 0 aliphatic carbocycles. The molecule has 0 radical (unpaired) electrons. The Kier molecular flexibility index (Phi) is 6.84. The first-order valence-corrected chi connectivity index (χ1v) is 6.94. The van der Waals surface area contributed by atoms with Gasteiger partial charge in [-0.25, -0.2) is 0 Å². The highest BCUT2D eigenvalue weighted by Crippen LogP contribution is 2.25. The Labute approximate surface area is 138 Å². The van der Waals surface area contributed by atoms with Gasteiger partial charge in [-0.2, -0.15) is 0 Å². The van der Waals surface area contributed by atoms with Crippen LogP contribution in [0.25, 0.3) is 0 Å². The van der Waals surface area contributed by atoms with Crippen LogP contribution in [0.15, 0.2) is 36.4 Å². The summed E-state index contributed by atoms with van der Waals surface area (Å²) in [4.78, 5) is 10.4. The number of phenols is 4. The molecule has 0 amide bonds. The van der Waals surface area contributed by atoms with Crippen molar-refractivity contribution < 1.29 is 30.3 Å². The summed E-state index contributed by atoms with van der Waals surface area (Å²) >= 11 is 0. The van der Waals surface area contributed by atoms with E-state index < -0.39 is 12.0 Å². The lowest BCUT2D eigenvalue weighted by molar-refractivity contribution is -0.138. The lowest BCUT2D eigenvalue weighted by Gasteiger charge is -2.06. The van der Waals surface area contributed by atoms with E-state index in [0.29, 0.717) is 12.1 Å². The first-order chi connectivity index (χ1) is 11.2. The second-order valence-corrected chi connectivity index (χ2v) is 5.00. The molecule has 8 nitrogen and oxygen atoms in total. The molecule has 2 aromatic carbocycles. The number of rotatable bonds is 4. The topological polar surface area (TPSA) is 170 Å². The molecular weight excluding hydrogens is 316 g/mol. The normalized spacial score (nSPS) is 11.2. The first kappa shape index (κ1) is 19.1. The Hall–Kier alpha value is -2.97. The molecule has 0 saturated carbocycles. The van der Waals surface area contributed by atoms with Crippen LogP contribution in [0, 0.1) is 0 Å². The Bertz CT molecular complexity index is 705. The number of hydrogen-bond donors (Lipinski definition) is 7. The summed E-state index contributed by atoms with van der Waals surface area (Å²) in [5, 5.41) is 44.4. The average molecular weight is 336 g/mol. The van der Waals surface area contributed by atoms with E-state index in [2.05, 4.69) is 0 Å². The maximum Gasteiger partial charge on any atom is 0.320 e. The minimum atomic E-state index is -1.10. The standard InChI is InChI=1S/C9H11NO4.C7H9NO2/c10-6(9(13)14)3-5-1-2-7(11)8(12)4-5;8-4-5-1-2-6(9)7(10)3-5/h1-2,4,6,11-12H,3,10H2,(H,13,14);1-3,9-10H,4,8H2. The third kappa shape index (κ3) is 5.67. The van der Waals surface area contributed by atoms with Gasteiger partial charge in [0.05, 0.1) is 0 Å². The number of hydrogen-bond acceptors (Lipinski definition) is 7. The van der Waals surface area contributed by atoms with Crippen LogP contribution in [0.2, 0.25) is 0 Å². The highest BCUT2D eigenvalue weighted by atomic mass is 16.4. The molecule has 9 N–H and O–H groups in total. The van der Waals surface area contributed by atoms with Gasteiger partial charge < -0.3 is 37.0 Å². The number of carbonyl (C=O) groups is 1. The van der Waals surface area contributed by atoms with Crippen molar-refractivity contribution in [2.45, 2.75) is 19.0 Å². The summed E-state index contributed by atoms with van der Waals surface area (Å²) in [6, 6.07) is 7.61. The zero-order valence-electron chi connectivity index (χ0n) is 12.8. The van der Waals surface area contributed by atoms with Crippen LogP contribution in [0.1, 0.15) is 11.1 Å². The lowest BCUT2D eigenvalue weighted by Crippen LogP contribution is -2.32. The fourth-order valence-corrected chi connectivity index (χ4v) is 1.73. The van der Waals surface area contributed by atoms with Gasteiger partial charge >= 0.3 is 5.97 Å². The van der Waals surface area contributed by atoms with Crippen LogP contribution < -0.4 is 11.5 Å². The zero-order chi connectivity index (χ0) is 18.3. The predicted octanol–water partition coefficient (Wildman–Crippen LogP) is 0.609. The quantitative estimate of drug-likeness (QED) is 0.398.